The Labute approximate surface area is 187 Å². The van der Waals surface area contributed by atoms with E-state index in [1.165, 1.54) is 0 Å². The van der Waals surface area contributed by atoms with Gasteiger partial charge in [-0.05, 0) is 48.0 Å². The van der Waals surface area contributed by atoms with Gasteiger partial charge < -0.3 is 25.4 Å². The fourth-order valence-electron chi connectivity index (χ4n) is 2.92. The first kappa shape index (κ1) is 22.8. The molecule has 3 aromatic rings. The van der Waals surface area contributed by atoms with Crippen LogP contribution in [0.2, 0.25) is 0 Å². The Kier molecular flexibility index (Phi) is 8.65. The monoisotopic (exact) mass is 433 g/mol. The number of methoxy groups -OCH3 is 1. The Balaban J connectivity index is 1.46. The number of amides is 2. The number of nitrogens with one attached hydrogen (secondary N) is 3. The van der Waals surface area contributed by atoms with Gasteiger partial charge in [0.15, 0.2) is 0 Å². The Bertz CT molecular complexity index is 1010. The molecule has 3 rings (SSSR count). The van der Waals surface area contributed by atoms with Gasteiger partial charge in [0.1, 0.15) is 12.4 Å². The Morgan fingerprint density at radius 3 is 2.38 bits per heavy atom. The van der Waals surface area contributed by atoms with Crippen LogP contribution in [0.1, 0.15) is 15.9 Å². The van der Waals surface area contributed by atoms with Gasteiger partial charge in [0.2, 0.25) is 5.91 Å². The van der Waals surface area contributed by atoms with Gasteiger partial charge in [-0.15, -0.1) is 0 Å². The number of rotatable bonds is 11. The topological polar surface area (TPSA) is 88.7 Å². The van der Waals surface area contributed by atoms with E-state index in [4.69, 9.17) is 9.47 Å². The predicted molar refractivity (Wildman–Crippen MR) is 125 cm³/mol. The van der Waals surface area contributed by atoms with E-state index in [2.05, 4.69) is 16.0 Å². The summed E-state index contributed by atoms with van der Waals surface area (Å²) < 4.78 is 10.5. The van der Waals surface area contributed by atoms with Crippen molar-refractivity contribution in [1.29, 1.82) is 0 Å². The van der Waals surface area contributed by atoms with Crippen molar-refractivity contribution >= 4 is 23.2 Å². The van der Waals surface area contributed by atoms with Crippen LogP contribution in [0.3, 0.4) is 0 Å². The second-order valence-electron chi connectivity index (χ2n) is 7.02. The van der Waals surface area contributed by atoms with E-state index in [9.17, 15) is 9.59 Å². The van der Waals surface area contributed by atoms with Crippen LogP contribution in [-0.4, -0.2) is 38.7 Å². The summed E-state index contributed by atoms with van der Waals surface area (Å²) in [6.45, 7) is 1.54. The molecule has 0 aliphatic heterocycles. The largest absolute Gasteiger partial charge is 0.491 e. The molecule has 0 saturated heterocycles. The maximum Gasteiger partial charge on any atom is 0.251 e. The van der Waals surface area contributed by atoms with E-state index < -0.39 is 0 Å². The first-order chi connectivity index (χ1) is 15.6. The zero-order valence-corrected chi connectivity index (χ0v) is 18.0. The number of carbonyl (C=O) groups excluding carboxylic acids is 2. The van der Waals surface area contributed by atoms with Crippen molar-refractivity contribution in [2.45, 2.75) is 6.54 Å². The predicted octanol–water partition coefficient (Wildman–Crippen LogP) is 3.69. The van der Waals surface area contributed by atoms with E-state index in [1.807, 2.05) is 54.6 Å². The summed E-state index contributed by atoms with van der Waals surface area (Å²) >= 11 is 0. The molecule has 7 nitrogen and oxygen atoms in total. The normalized spacial score (nSPS) is 10.3. The number of hydrogen-bond acceptors (Lipinski definition) is 5. The average Bonchev–Trinajstić information content (AvgIpc) is 2.83. The van der Waals surface area contributed by atoms with E-state index in [0.29, 0.717) is 31.0 Å². The highest BCUT2D eigenvalue weighted by Crippen LogP contribution is 2.16. The molecule has 3 N–H and O–H groups in total. The minimum absolute atomic E-state index is 0.0916. The summed E-state index contributed by atoms with van der Waals surface area (Å²) in [5.74, 6) is 0.322. The number of benzene rings is 3. The third kappa shape index (κ3) is 7.45. The fourth-order valence-corrected chi connectivity index (χ4v) is 2.92. The van der Waals surface area contributed by atoms with Crippen molar-refractivity contribution in [2.24, 2.45) is 0 Å². The van der Waals surface area contributed by atoms with Gasteiger partial charge in [0.05, 0.1) is 13.2 Å². The Morgan fingerprint density at radius 2 is 1.62 bits per heavy atom. The van der Waals surface area contributed by atoms with Crippen LogP contribution in [-0.2, 0) is 16.1 Å². The summed E-state index contributed by atoms with van der Waals surface area (Å²) in [5, 5.41) is 8.75. The summed E-state index contributed by atoms with van der Waals surface area (Å²) in [4.78, 5) is 24.7. The number of carbonyl (C=O) groups is 2. The van der Waals surface area contributed by atoms with Crippen molar-refractivity contribution in [1.82, 2.24) is 5.32 Å². The molecular weight excluding hydrogens is 406 g/mol. The lowest BCUT2D eigenvalue weighted by atomic mass is 10.1. The summed E-state index contributed by atoms with van der Waals surface area (Å²) in [6, 6.07) is 23.9. The third-order valence-corrected chi connectivity index (χ3v) is 4.57. The van der Waals surface area contributed by atoms with Gasteiger partial charge in [-0.3, -0.25) is 9.59 Å². The highest BCUT2D eigenvalue weighted by atomic mass is 16.5. The molecule has 0 aliphatic rings. The molecule has 0 radical (unpaired) electrons. The van der Waals surface area contributed by atoms with Crippen LogP contribution in [0.4, 0.5) is 11.4 Å². The lowest BCUT2D eigenvalue weighted by Gasteiger charge is -2.10. The van der Waals surface area contributed by atoms with Crippen LogP contribution in [0, 0.1) is 0 Å². The first-order valence-corrected chi connectivity index (χ1v) is 10.3. The second-order valence-corrected chi connectivity index (χ2v) is 7.02. The summed E-state index contributed by atoms with van der Waals surface area (Å²) in [5.41, 5.74) is 2.86. The van der Waals surface area contributed by atoms with Crippen molar-refractivity contribution in [3.05, 3.63) is 90.0 Å². The molecule has 3 aromatic carbocycles. The summed E-state index contributed by atoms with van der Waals surface area (Å²) in [6.07, 6.45) is 0. The molecule has 0 aliphatic carbocycles. The molecular formula is C25H27N3O4. The van der Waals surface area contributed by atoms with Crippen molar-refractivity contribution in [3.8, 4) is 5.75 Å². The average molecular weight is 434 g/mol. The van der Waals surface area contributed by atoms with E-state index in [1.54, 1.807) is 31.4 Å². The van der Waals surface area contributed by atoms with Crippen LogP contribution < -0.4 is 20.7 Å². The number of hydrogen-bond donors (Lipinski definition) is 3. The quantitative estimate of drug-likeness (QED) is 0.402. The fraction of sp³-hybridized carbons (Fsp3) is 0.200. The van der Waals surface area contributed by atoms with Crippen molar-refractivity contribution in [3.63, 3.8) is 0 Å². The molecule has 0 aromatic heterocycles. The third-order valence-electron chi connectivity index (χ3n) is 4.57. The van der Waals surface area contributed by atoms with Crippen LogP contribution in [0.25, 0.3) is 0 Å². The van der Waals surface area contributed by atoms with E-state index in [0.717, 1.165) is 17.0 Å². The molecule has 166 valence electrons. The van der Waals surface area contributed by atoms with E-state index >= 15 is 0 Å². The van der Waals surface area contributed by atoms with Gasteiger partial charge in [0.25, 0.3) is 5.91 Å². The van der Waals surface area contributed by atoms with Gasteiger partial charge in [-0.2, -0.15) is 0 Å². The maximum atomic E-state index is 12.4. The molecule has 0 fully saturated rings. The smallest absolute Gasteiger partial charge is 0.251 e. The minimum Gasteiger partial charge on any atom is -0.491 e. The molecule has 0 heterocycles. The molecule has 0 unspecified atom stereocenters. The van der Waals surface area contributed by atoms with Gasteiger partial charge >= 0.3 is 0 Å². The minimum atomic E-state index is -0.215. The van der Waals surface area contributed by atoms with Gasteiger partial charge in [-0.25, -0.2) is 0 Å². The van der Waals surface area contributed by atoms with Crippen LogP contribution in [0.5, 0.6) is 5.75 Å². The molecule has 0 atom stereocenters. The molecule has 0 bridgehead atoms. The lowest BCUT2D eigenvalue weighted by molar-refractivity contribution is -0.114. The van der Waals surface area contributed by atoms with Gasteiger partial charge in [0, 0.05) is 30.6 Å². The zero-order valence-electron chi connectivity index (χ0n) is 18.0. The zero-order chi connectivity index (χ0) is 22.6. The SMILES string of the molecule is COCCOc1ccc(NCC(=O)Nc2cccc(C(=O)NCc3ccccc3)c2)cc1. The van der Waals surface area contributed by atoms with Crippen LogP contribution in [0.15, 0.2) is 78.9 Å². The van der Waals surface area contributed by atoms with Crippen LogP contribution >= 0.6 is 0 Å². The molecule has 7 heteroatoms. The molecule has 0 saturated carbocycles. The molecule has 0 spiro atoms. The first-order valence-electron chi connectivity index (χ1n) is 10.3. The Hall–Kier alpha value is -3.84. The Morgan fingerprint density at radius 1 is 0.844 bits per heavy atom. The maximum absolute atomic E-state index is 12.4. The highest BCUT2D eigenvalue weighted by Gasteiger charge is 2.08. The molecule has 2 amide bonds. The van der Waals surface area contributed by atoms with E-state index in [-0.39, 0.29) is 18.4 Å². The number of anilines is 2. The van der Waals surface area contributed by atoms with Gasteiger partial charge in [-0.1, -0.05) is 36.4 Å². The van der Waals surface area contributed by atoms with Crippen molar-refractivity contribution < 1.29 is 19.1 Å². The number of ether oxygens (including phenoxy) is 2. The van der Waals surface area contributed by atoms with Crippen molar-refractivity contribution in [2.75, 3.05) is 37.5 Å². The lowest BCUT2D eigenvalue weighted by Crippen LogP contribution is -2.24. The standard InChI is InChI=1S/C25H27N3O4/c1-31-14-15-32-23-12-10-21(11-13-23)26-18-24(29)28-22-9-5-8-20(16-22)25(30)27-17-19-6-3-2-4-7-19/h2-13,16,26H,14-15,17-18H2,1H3,(H,27,30)(H,28,29). The second kappa shape index (κ2) is 12.1. The summed E-state index contributed by atoms with van der Waals surface area (Å²) in [7, 11) is 1.62. The molecule has 32 heavy (non-hydrogen) atoms. The highest BCUT2D eigenvalue weighted by molar-refractivity contribution is 5.98.